The average molecular weight is 400 g/mol. The maximum absolute atomic E-state index is 5.98. The molecule has 7 heteroatoms. The van der Waals surface area contributed by atoms with Crippen LogP contribution in [-0.4, -0.2) is 48.4 Å². The summed E-state index contributed by atoms with van der Waals surface area (Å²) in [6, 6.07) is 18.5. The van der Waals surface area contributed by atoms with E-state index < -0.39 is 0 Å². The minimum atomic E-state index is 0.375. The third kappa shape index (κ3) is 6.23. The molecule has 0 aromatic heterocycles. The van der Waals surface area contributed by atoms with Gasteiger partial charge in [0.15, 0.2) is 10.3 Å². The molecule has 0 saturated carbocycles. The van der Waals surface area contributed by atoms with Crippen molar-refractivity contribution in [1.29, 1.82) is 0 Å². The number of hydrogen-bond donors (Lipinski definition) is 2. The van der Waals surface area contributed by atoms with Gasteiger partial charge in [-0.2, -0.15) is 4.99 Å². The molecule has 3 N–H and O–H groups in total. The molecule has 1 fully saturated rings. The molecule has 1 saturated heterocycles. The highest BCUT2D eigenvalue weighted by molar-refractivity contribution is 8.13. The summed E-state index contributed by atoms with van der Waals surface area (Å²) in [5, 5.41) is 3.97. The van der Waals surface area contributed by atoms with E-state index in [1.54, 1.807) is 0 Å². The molecule has 0 unspecified atom stereocenters. The van der Waals surface area contributed by atoms with Crippen LogP contribution >= 0.6 is 24.0 Å². The Hall–Kier alpha value is -2.09. The normalized spacial score (nSPS) is 15.6. The van der Waals surface area contributed by atoms with E-state index >= 15 is 0 Å². The molecule has 27 heavy (non-hydrogen) atoms. The highest BCUT2D eigenvalue weighted by atomic mass is 32.2. The maximum Gasteiger partial charge on any atom is 0.199 e. The van der Waals surface area contributed by atoms with E-state index in [1.165, 1.54) is 23.0 Å². The lowest BCUT2D eigenvalue weighted by atomic mass is 10.2. The van der Waals surface area contributed by atoms with Gasteiger partial charge in [-0.25, -0.2) is 0 Å². The molecule has 0 amide bonds. The van der Waals surface area contributed by atoms with Crippen LogP contribution in [0.2, 0.25) is 0 Å². The highest BCUT2D eigenvalue weighted by Crippen LogP contribution is 2.19. The van der Waals surface area contributed by atoms with Crippen LogP contribution in [-0.2, 0) is 5.75 Å². The second-order valence-corrected chi connectivity index (χ2v) is 7.87. The molecule has 0 aliphatic carbocycles. The second-order valence-electron chi connectivity index (χ2n) is 6.49. The minimum Gasteiger partial charge on any atom is -0.378 e. The number of nitrogens with zero attached hydrogens (tertiary/aromatic N) is 3. The zero-order valence-corrected chi connectivity index (χ0v) is 17.1. The van der Waals surface area contributed by atoms with Crippen molar-refractivity contribution in [1.82, 2.24) is 4.90 Å². The van der Waals surface area contributed by atoms with Crippen LogP contribution in [0.3, 0.4) is 0 Å². The van der Waals surface area contributed by atoms with E-state index in [4.69, 9.17) is 18.0 Å². The first-order valence-corrected chi connectivity index (χ1v) is 10.3. The summed E-state index contributed by atoms with van der Waals surface area (Å²) in [5.74, 6) is 0.776. The first-order chi connectivity index (χ1) is 13.1. The van der Waals surface area contributed by atoms with Gasteiger partial charge < -0.3 is 20.9 Å². The Kier molecular flexibility index (Phi) is 7.09. The Labute approximate surface area is 170 Å². The van der Waals surface area contributed by atoms with Crippen LogP contribution in [0, 0.1) is 0 Å². The zero-order chi connectivity index (χ0) is 19.1. The van der Waals surface area contributed by atoms with Gasteiger partial charge in [0.2, 0.25) is 0 Å². The quantitative estimate of drug-likeness (QED) is 0.467. The third-order valence-electron chi connectivity index (χ3n) is 4.43. The molecule has 1 heterocycles. The van der Waals surface area contributed by atoms with E-state index in [2.05, 4.69) is 51.4 Å². The minimum absolute atomic E-state index is 0.375. The number of benzene rings is 2. The number of nitrogens with one attached hydrogen (secondary N) is 1. The van der Waals surface area contributed by atoms with E-state index in [0.29, 0.717) is 10.3 Å². The fraction of sp³-hybridized carbons (Fsp3) is 0.300. The first kappa shape index (κ1) is 19.7. The van der Waals surface area contributed by atoms with Gasteiger partial charge in [0.05, 0.1) is 0 Å². The SMILES string of the molecule is CN1CCN(c2ccc(NC(=S)/N=C(\N)SCc3ccccc3)cc2)CC1. The van der Waals surface area contributed by atoms with Crippen LogP contribution in [0.1, 0.15) is 5.56 Å². The fourth-order valence-electron chi connectivity index (χ4n) is 2.84. The topological polar surface area (TPSA) is 56.9 Å². The van der Waals surface area contributed by atoms with Crippen LogP contribution in [0.4, 0.5) is 11.4 Å². The Morgan fingerprint density at radius 3 is 2.41 bits per heavy atom. The van der Waals surface area contributed by atoms with Crippen LogP contribution < -0.4 is 16.0 Å². The van der Waals surface area contributed by atoms with Gasteiger partial charge in [0.25, 0.3) is 0 Å². The molecule has 0 spiro atoms. The van der Waals surface area contributed by atoms with Crippen LogP contribution in [0.5, 0.6) is 0 Å². The van der Waals surface area contributed by atoms with Gasteiger partial charge in [-0.05, 0) is 49.1 Å². The molecule has 2 aromatic carbocycles. The van der Waals surface area contributed by atoms with E-state index in [-0.39, 0.29) is 0 Å². The predicted octanol–water partition coefficient (Wildman–Crippen LogP) is 3.38. The summed E-state index contributed by atoms with van der Waals surface area (Å²) in [5.41, 5.74) is 9.35. The number of thiocarbonyl (C=S) groups is 1. The number of aliphatic imine (C=N–C) groups is 1. The molecule has 3 rings (SSSR count). The Bertz CT molecular complexity index is 769. The van der Waals surface area contributed by atoms with E-state index in [0.717, 1.165) is 37.6 Å². The van der Waals surface area contributed by atoms with Gasteiger partial charge in [-0.15, -0.1) is 0 Å². The molecule has 0 atom stereocenters. The molecule has 1 aliphatic heterocycles. The predicted molar refractivity (Wildman–Crippen MR) is 122 cm³/mol. The number of likely N-dealkylation sites (N-methyl/N-ethyl adjacent to an activating group) is 1. The number of piperazine rings is 1. The van der Waals surface area contributed by atoms with Gasteiger partial charge in [-0.3, -0.25) is 0 Å². The van der Waals surface area contributed by atoms with Crippen molar-refractivity contribution in [3.63, 3.8) is 0 Å². The number of nitrogens with two attached hydrogens (primary N) is 1. The lowest BCUT2D eigenvalue weighted by molar-refractivity contribution is 0.313. The van der Waals surface area contributed by atoms with Crippen LogP contribution in [0.25, 0.3) is 0 Å². The summed E-state index contributed by atoms with van der Waals surface area (Å²) in [7, 11) is 2.16. The number of thioether (sulfide) groups is 1. The number of hydrogen-bond acceptors (Lipinski definition) is 4. The Morgan fingerprint density at radius 2 is 1.74 bits per heavy atom. The molecular weight excluding hydrogens is 374 g/mol. The van der Waals surface area contributed by atoms with Crippen molar-refractivity contribution in [2.45, 2.75) is 5.75 Å². The van der Waals surface area contributed by atoms with Crippen molar-refractivity contribution in [3.05, 3.63) is 60.2 Å². The lowest BCUT2D eigenvalue weighted by Crippen LogP contribution is -2.44. The highest BCUT2D eigenvalue weighted by Gasteiger charge is 2.13. The molecule has 142 valence electrons. The van der Waals surface area contributed by atoms with Gasteiger partial charge in [-0.1, -0.05) is 42.1 Å². The molecule has 0 radical (unpaired) electrons. The Morgan fingerprint density at radius 1 is 1.07 bits per heavy atom. The van der Waals surface area contributed by atoms with Gasteiger partial charge in [0.1, 0.15) is 0 Å². The second kappa shape index (κ2) is 9.73. The number of anilines is 2. The van der Waals surface area contributed by atoms with Crippen molar-refractivity contribution in [3.8, 4) is 0 Å². The third-order valence-corrected chi connectivity index (χ3v) is 5.49. The summed E-state index contributed by atoms with van der Waals surface area (Å²) in [4.78, 5) is 9.02. The lowest BCUT2D eigenvalue weighted by Gasteiger charge is -2.34. The van der Waals surface area contributed by atoms with Gasteiger partial charge in [0, 0.05) is 43.3 Å². The van der Waals surface area contributed by atoms with E-state index in [9.17, 15) is 0 Å². The van der Waals surface area contributed by atoms with Crippen molar-refractivity contribution in [2.75, 3.05) is 43.4 Å². The summed E-state index contributed by atoms with van der Waals surface area (Å²) < 4.78 is 0. The largest absolute Gasteiger partial charge is 0.378 e. The fourth-order valence-corrected chi connectivity index (χ4v) is 3.77. The van der Waals surface area contributed by atoms with Gasteiger partial charge >= 0.3 is 0 Å². The number of amidine groups is 1. The van der Waals surface area contributed by atoms with Crippen molar-refractivity contribution >= 4 is 45.6 Å². The van der Waals surface area contributed by atoms with E-state index in [1.807, 2.05) is 30.3 Å². The van der Waals surface area contributed by atoms with Crippen molar-refractivity contribution < 1.29 is 0 Å². The monoisotopic (exact) mass is 399 g/mol. The molecule has 1 aliphatic rings. The van der Waals surface area contributed by atoms with Crippen LogP contribution in [0.15, 0.2) is 59.6 Å². The zero-order valence-electron chi connectivity index (χ0n) is 15.5. The average Bonchev–Trinajstić information content (AvgIpc) is 2.68. The molecular formula is C20H25N5S2. The standard InChI is InChI=1S/C20H25N5S2/c1-24-11-13-25(14-12-24)18-9-7-17(8-10-18)22-20(26)23-19(21)27-15-16-5-3-2-4-6-16/h2-10H,11-15H2,1H3,(H3,21,22,23,26). The smallest absolute Gasteiger partial charge is 0.199 e. The molecule has 0 bridgehead atoms. The summed E-state index contributed by atoms with van der Waals surface area (Å²) >= 11 is 6.79. The maximum atomic E-state index is 5.98. The Balaban J connectivity index is 1.49. The van der Waals surface area contributed by atoms with Crippen molar-refractivity contribution in [2.24, 2.45) is 10.7 Å². The molecule has 2 aromatic rings. The molecule has 5 nitrogen and oxygen atoms in total. The number of rotatable bonds is 4. The first-order valence-electron chi connectivity index (χ1n) is 8.95. The summed E-state index contributed by atoms with van der Waals surface area (Å²) in [6.45, 7) is 4.31. The summed E-state index contributed by atoms with van der Waals surface area (Å²) in [6.07, 6.45) is 0.